The van der Waals surface area contributed by atoms with E-state index in [1.165, 1.54) is 11.3 Å². The molecule has 4 heteroatoms. The number of halogens is 1. The van der Waals surface area contributed by atoms with Gasteiger partial charge in [0.2, 0.25) is 0 Å². The van der Waals surface area contributed by atoms with Crippen molar-refractivity contribution < 1.29 is 0 Å². The highest BCUT2D eigenvalue weighted by Crippen LogP contribution is 2.32. The summed E-state index contributed by atoms with van der Waals surface area (Å²) in [5.41, 5.74) is 1.86. The van der Waals surface area contributed by atoms with Crippen molar-refractivity contribution in [1.82, 2.24) is 4.98 Å². The Morgan fingerprint density at radius 2 is 1.95 bits per heavy atom. The lowest BCUT2D eigenvalue weighted by Crippen LogP contribution is -1.96. The normalized spacial score (nSPS) is 12.2. The molecule has 3 rings (SSSR count). The van der Waals surface area contributed by atoms with E-state index in [0.717, 1.165) is 20.8 Å². The molecule has 92 valence electrons. The number of nitrogens with zero attached hydrogens (tertiary/aromatic N) is 2. The third-order valence-corrected chi connectivity index (χ3v) is 4.19. The molecular formula is C15H9ClN2S. The zero-order chi connectivity index (χ0) is 13.2. The lowest BCUT2D eigenvalue weighted by Gasteiger charge is -2.04. The van der Waals surface area contributed by atoms with Crippen LogP contribution in [-0.4, -0.2) is 4.98 Å². The van der Waals surface area contributed by atoms with Crippen molar-refractivity contribution >= 4 is 33.2 Å². The number of thiazole rings is 1. The molecule has 0 saturated heterocycles. The van der Waals surface area contributed by atoms with E-state index in [0.29, 0.717) is 5.02 Å². The van der Waals surface area contributed by atoms with E-state index in [2.05, 4.69) is 11.1 Å². The van der Waals surface area contributed by atoms with Gasteiger partial charge in [-0.2, -0.15) is 5.26 Å². The fraction of sp³-hybridized carbons (Fsp3) is 0.0667. The van der Waals surface area contributed by atoms with Crippen molar-refractivity contribution in [3.63, 3.8) is 0 Å². The average molecular weight is 285 g/mol. The molecule has 0 aliphatic carbocycles. The number of rotatable bonds is 2. The molecule has 0 fully saturated rings. The maximum absolute atomic E-state index is 9.40. The maximum Gasteiger partial charge on any atom is 0.123 e. The second-order valence-electron chi connectivity index (χ2n) is 4.14. The van der Waals surface area contributed by atoms with E-state index < -0.39 is 0 Å². The summed E-state index contributed by atoms with van der Waals surface area (Å²) < 4.78 is 1.01. The topological polar surface area (TPSA) is 36.7 Å². The molecule has 0 amide bonds. The minimum absolute atomic E-state index is 0.322. The molecule has 0 aliphatic heterocycles. The number of aromatic nitrogens is 1. The smallest absolute Gasteiger partial charge is 0.123 e. The van der Waals surface area contributed by atoms with Gasteiger partial charge in [-0.3, -0.25) is 0 Å². The second-order valence-corrected chi connectivity index (χ2v) is 5.64. The number of hydrogen-bond acceptors (Lipinski definition) is 3. The number of fused-ring (bicyclic) bond motifs is 1. The summed E-state index contributed by atoms with van der Waals surface area (Å²) in [5.74, 6) is -0.322. The van der Waals surface area contributed by atoms with Gasteiger partial charge >= 0.3 is 0 Å². The Hall–Kier alpha value is -1.89. The van der Waals surface area contributed by atoms with E-state index in [1.54, 1.807) is 0 Å². The number of benzene rings is 2. The summed E-state index contributed by atoms with van der Waals surface area (Å²) in [6.45, 7) is 0. The lowest BCUT2D eigenvalue weighted by molar-refractivity contribution is 1.02. The molecule has 1 heterocycles. The van der Waals surface area contributed by atoms with E-state index >= 15 is 0 Å². The summed E-state index contributed by atoms with van der Waals surface area (Å²) in [4.78, 5) is 4.54. The SMILES string of the molecule is N#CC(c1ccccc1)c1nc2ccc(Cl)cc2s1. The summed E-state index contributed by atoms with van der Waals surface area (Å²) in [5, 5.41) is 10.9. The molecule has 2 aromatic carbocycles. The molecule has 0 radical (unpaired) electrons. The van der Waals surface area contributed by atoms with Gasteiger partial charge in [0, 0.05) is 5.02 Å². The van der Waals surface area contributed by atoms with Gasteiger partial charge in [0.15, 0.2) is 0 Å². The third kappa shape index (κ3) is 2.33. The molecule has 0 bridgehead atoms. The minimum Gasteiger partial charge on any atom is -0.239 e. The first-order valence-electron chi connectivity index (χ1n) is 5.78. The van der Waals surface area contributed by atoms with Crippen LogP contribution in [0.25, 0.3) is 10.2 Å². The predicted octanol–water partition coefficient (Wildman–Crippen LogP) is 4.61. The van der Waals surface area contributed by atoms with Gasteiger partial charge in [0.1, 0.15) is 10.9 Å². The van der Waals surface area contributed by atoms with E-state index in [4.69, 9.17) is 11.6 Å². The molecule has 19 heavy (non-hydrogen) atoms. The van der Waals surface area contributed by atoms with E-state index in [-0.39, 0.29) is 5.92 Å². The summed E-state index contributed by atoms with van der Waals surface area (Å²) in [7, 11) is 0. The molecule has 1 unspecified atom stereocenters. The van der Waals surface area contributed by atoms with Crippen LogP contribution < -0.4 is 0 Å². The van der Waals surface area contributed by atoms with Gasteiger partial charge in [0.25, 0.3) is 0 Å². The van der Waals surface area contributed by atoms with Crippen LogP contribution in [-0.2, 0) is 0 Å². The quantitative estimate of drug-likeness (QED) is 0.689. The Kier molecular flexibility index (Phi) is 3.20. The van der Waals surface area contributed by atoms with Crippen LogP contribution in [0.2, 0.25) is 5.02 Å². The van der Waals surface area contributed by atoms with Gasteiger partial charge in [-0.1, -0.05) is 41.9 Å². The van der Waals surface area contributed by atoms with Crippen LogP contribution in [0.1, 0.15) is 16.5 Å². The van der Waals surface area contributed by atoms with Crippen LogP contribution in [0, 0.1) is 11.3 Å². The monoisotopic (exact) mass is 284 g/mol. The predicted molar refractivity (Wildman–Crippen MR) is 78.5 cm³/mol. The zero-order valence-electron chi connectivity index (χ0n) is 9.88. The average Bonchev–Trinajstić information content (AvgIpc) is 2.83. The number of nitriles is 1. The van der Waals surface area contributed by atoms with Crippen molar-refractivity contribution in [3.05, 3.63) is 64.1 Å². The molecule has 1 atom stereocenters. The molecule has 3 aromatic rings. The van der Waals surface area contributed by atoms with Crippen LogP contribution in [0.15, 0.2) is 48.5 Å². The number of hydrogen-bond donors (Lipinski definition) is 0. The molecule has 0 aliphatic rings. The third-order valence-electron chi connectivity index (χ3n) is 2.88. The minimum atomic E-state index is -0.322. The zero-order valence-corrected chi connectivity index (χ0v) is 11.4. The first-order valence-corrected chi connectivity index (χ1v) is 6.98. The van der Waals surface area contributed by atoms with Crippen molar-refractivity contribution in [2.45, 2.75) is 5.92 Å². The van der Waals surface area contributed by atoms with Crippen molar-refractivity contribution in [2.24, 2.45) is 0 Å². The van der Waals surface area contributed by atoms with Crippen LogP contribution in [0.4, 0.5) is 0 Å². The molecule has 0 spiro atoms. The Morgan fingerprint density at radius 1 is 1.16 bits per heavy atom. The fourth-order valence-corrected chi connectivity index (χ4v) is 3.27. The molecule has 2 nitrogen and oxygen atoms in total. The van der Waals surface area contributed by atoms with Gasteiger partial charge < -0.3 is 0 Å². The van der Waals surface area contributed by atoms with Crippen molar-refractivity contribution in [2.75, 3.05) is 0 Å². The second kappa shape index (κ2) is 5.00. The van der Waals surface area contributed by atoms with E-state index in [9.17, 15) is 5.26 Å². The Balaban J connectivity index is 2.10. The van der Waals surface area contributed by atoms with Crippen molar-refractivity contribution in [3.8, 4) is 6.07 Å². The Bertz CT molecular complexity index is 759. The molecule has 1 aromatic heterocycles. The molecule has 0 N–H and O–H groups in total. The van der Waals surface area contributed by atoms with Gasteiger partial charge in [-0.25, -0.2) is 4.98 Å². The largest absolute Gasteiger partial charge is 0.239 e. The first-order chi connectivity index (χ1) is 9.28. The highest BCUT2D eigenvalue weighted by atomic mass is 35.5. The van der Waals surface area contributed by atoms with Crippen LogP contribution in [0.3, 0.4) is 0 Å². The highest BCUT2D eigenvalue weighted by Gasteiger charge is 2.17. The van der Waals surface area contributed by atoms with Crippen molar-refractivity contribution in [1.29, 1.82) is 5.26 Å². The van der Waals surface area contributed by atoms with Gasteiger partial charge in [0.05, 0.1) is 16.3 Å². The Labute approximate surface area is 119 Å². The maximum atomic E-state index is 9.40. The standard InChI is InChI=1S/C15H9ClN2S/c16-11-6-7-13-14(8-11)19-15(18-13)12(9-17)10-4-2-1-3-5-10/h1-8,12H. The van der Waals surface area contributed by atoms with Gasteiger partial charge in [-0.15, -0.1) is 11.3 Å². The summed E-state index contributed by atoms with van der Waals surface area (Å²) in [6.07, 6.45) is 0. The van der Waals surface area contributed by atoms with Crippen LogP contribution >= 0.6 is 22.9 Å². The Morgan fingerprint density at radius 3 is 2.68 bits per heavy atom. The lowest BCUT2D eigenvalue weighted by atomic mass is 10.0. The first kappa shape index (κ1) is 12.2. The molecule has 0 saturated carbocycles. The van der Waals surface area contributed by atoms with Gasteiger partial charge in [-0.05, 0) is 23.8 Å². The summed E-state index contributed by atoms with van der Waals surface area (Å²) in [6, 6.07) is 17.6. The molecular weight excluding hydrogens is 276 g/mol. The van der Waals surface area contributed by atoms with E-state index in [1.807, 2.05) is 48.5 Å². The highest BCUT2D eigenvalue weighted by molar-refractivity contribution is 7.18. The van der Waals surface area contributed by atoms with Crippen LogP contribution in [0.5, 0.6) is 0 Å². The summed E-state index contributed by atoms with van der Waals surface area (Å²) >= 11 is 7.49. The fourth-order valence-electron chi connectivity index (χ4n) is 1.96.